The first-order valence-electron chi connectivity index (χ1n) is 7.61. The molecule has 1 N–H and O–H groups in total. The van der Waals surface area contributed by atoms with Gasteiger partial charge in [0, 0.05) is 13.1 Å². The van der Waals surface area contributed by atoms with Gasteiger partial charge in [-0.2, -0.15) is 11.8 Å². The van der Waals surface area contributed by atoms with Gasteiger partial charge in [-0.25, -0.2) is 0 Å². The number of rotatable bonds is 4. The summed E-state index contributed by atoms with van der Waals surface area (Å²) in [6.45, 7) is 1.77. The Hall–Kier alpha value is -1.69. The highest BCUT2D eigenvalue weighted by molar-refractivity contribution is 7.99. The number of carbonyl (C=O) groups excluding carboxylic acids is 1. The third-order valence-electron chi connectivity index (χ3n) is 3.95. The quantitative estimate of drug-likeness (QED) is 0.940. The maximum Gasteiger partial charge on any atom is 0.261 e. The van der Waals surface area contributed by atoms with Gasteiger partial charge in [0.2, 0.25) is 5.88 Å². The summed E-state index contributed by atoms with van der Waals surface area (Å²) in [6.07, 6.45) is 1.53. The van der Waals surface area contributed by atoms with Crippen molar-refractivity contribution in [1.82, 2.24) is 15.1 Å². The van der Waals surface area contributed by atoms with Gasteiger partial charge in [-0.15, -0.1) is 5.10 Å². The molecule has 1 saturated heterocycles. The predicted molar refractivity (Wildman–Crippen MR) is 89.3 cm³/mol. The molecule has 2 aromatic rings. The monoisotopic (exact) mass is 319 g/mol. The molecule has 1 atom stereocenters. The zero-order valence-corrected chi connectivity index (χ0v) is 13.7. The third-order valence-corrected chi connectivity index (χ3v) is 5.00. The second-order valence-corrected chi connectivity index (χ2v) is 6.83. The molecule has 0 aliphatic carbocycles. The SMILES string of the molecule is C[C@@H](Oc1nn(C)c2ccccc12)C(=O)NC1CCSCC1. The van der Waals surface area contributed by atoms with Crippen molar-refractivity contribution in [3.63, 3.8) is 0 Å². The lowest BCUT2D eigenvalue weighted by molar-refractivity contribution is -0.128. The third kappa shape index (κ3) is 3.21. The van der Waals surface area contributed by atoms with Crippen molar-refractivity contribution in [3.05, 3.63) is 24.3 Å². The summed E-state index contributed by atoms with van der Waals surface area (Å²) in [5.41, 5.74) is 0.995. The fourth-order valence-electron chi connectivity index (χ4n) is 2.65. The number of amides is 1. The van der Waals surface area contributed by atoms with Crippen molar-refractivity contribution in [2.45, 2.75) is 31.9 Å². The van der Waals surface area contributed by atoms with Gasteiger partial charge < -0.3 is 10.1 Å². The number of carbonyl (C=O) groups is 1. The average molecular weight is 319 g/mol. The van der Waals surface area contributed by atoms with Crippen LogP contribution in [0.15, 0.2) is 24.3 Å². The summed E-state index contributed by atoms with van der Waals surface area (Å²) in [6, 6.07) is 8.13. The second kappa shape index (κ2) is 6.60. The highest BCUT2D eigenvalue weighted by Gasteiger charge is 2.22. The Kier molecular flexibility index (Phi) is 4.57. The number of nitrogens with one attached hydrogen (secondary N) is 1. The maximum atomic E-state index is 12.3. The minimum absolute atomic E-state index is 0.0633. The van der Waals surface area contributed by atoms with E-state index in [2.05, 4.69) is 10.4 Å². The van der Waals surface area contributed by atoms with Crippen LogP contribution in [0.25, 0.3) is 10.9 Å². The summed E-state index contributed by atoms with van der Waals surface area (Å²) >= 11 is 1.95. The second-order valence-electron chi connectivity index (χ2n) is 5.60. The standard InChI is InChI=1S/C16H21N3O2S/c1-11(15(20)17-12-7-9-22-10-8-12)21-16-13-5-3-4-6-14(13)19(2)18-16/h3-6,11-12H,7-10H2,1-2H3,(H,17,20)/t11-/m1/s1. The van der Waals surface area contributed by atoms with Gasteiger partial charge in [-0.3, -0.25) is 9.48 Å². The van der Waals surface area contributed by atoms with Crippen molar-refractivity contribution >= 4 is 28.6 Å². The van der Waals surface area contributed by atoms with E-state index in [1.54, 1.807) is 11.6 Å². The Morgan fingerprint density at radius 2 is 2.14 bits per heavy atom. The van der Waals surface area contributed by atoms with Crippen molar-refractivity contribution in [2.75, 3.05) is 11.5 Å². The van der Waals surface area contributed by atoms with Crippen LogP contribution in [0.4, 0.5) is 0 Å². The molecule has 0 spiro atoms. The summed E-state index contributed by atoms with van der Waals surface area (Å²) in [7, 11) is 1.87. The summed E-state index contributed by atoms with van der Waals surface area (Å²) in [5.74, 6) is 2.68. The molecular weight excluding hydrogens is 298 g/mol. The normalized spacial score (nSPS) is 17.4. The molecule has 1 aromatic heterocycles. The number of aromatic nitrogens is 2. The van der Waals surface area contributed by atoms with Crippen molar-refractivity contribution < 1.29 is 9.53 Å². The molecule has 118 valence electrons. The number of para-hydroxylation sites is 1. The molecule has 1 aromatic carbocycles. The smallest absolute Gasteiger partial charge is 0.261 e. The van der Waals surface area contributed by atoms with E-state index in [-0.39, 0.29) is 11.9 Å². The zero-order valence-electron chi connectivity index (χ0n) is 12.9. The van der Waals surface area contributed by atoms with E-state index in [1.165, 1.54) is 0 Å². The number of hydrogen-bond acceptors (Lipinski definition) is 4. The lowest BCUT2D eigenvalue weighted by atomic mass is 10.1. The number of nitrogens with zero attached hydrogens (tertiary/aromatic N) is 2. The number of ether oxygens (including phenoxy) is 1. The summed E-state index contributed by atoms with van der Waals surface area (Å²) < 4.78 is 7.57. The van der Waals surface area contributed by atoms with Gasteiger partial charge in [0.05, 0.1) is 10.9 Å². The number of benzene rings is 1. The lowest BCUT2D eigenvalue weighted by Gasteiger charge is -2.24. The number of fused-ring (bicyclic) bond motifs is 1. The Balaban J connectivity index is 1.67. The van der Waals surface area contributed by atoms with Crippen LogP contribution in [0.2, 0.25) is 0 Å². The molecule has 1 fully saturated rings. The van der Waals surface area contributed by atoms with Crippen LogP contribution in [-0.2, 0) is 11.8 Å². The summed E-state index contributed by atoms with van der Waals surface area (Å²) in [5, 5.41) is 8.38. The van der Waals surface area contributed by atoms with Crippen LogP contribution in [0.3, 0.4) is 0 Å². The summed E-state index contributed by atoms with van der Waals surface area (Å²) in [4.78, 5) is 12.3. The van der Waals surface area contributed by atoms with Gasteiger partial charge in [-0.05, 0) is 43.4 Å². The minimum Gasteiger partial charge on any atom is -0.463 e. The molecule has 1 aliphatic heterocycles. The van der Waals surface area contributed by atoms with Crippen LogP contribution in [-0.4, -0.2) is 39.3 Å². The van der Waals surface area contributed by atoms with Gasteiger partial charge in [-0.1, -0.05) is 12.1 Å². The Labute approximate surface area is 134 Å². The van der Waals surface area contributed by atoms with Crippen LogP contribution in [0.1, 0.15) is 19.8 Å². The maximum absolute atomic E-state index is 12.3. The van der Waals surface area contributed by atoms with E-state index in [1.807, 2.05) is 43.1 Å². The molecule has 0 radical (unpaired) electrons. The fourth-order valence-corrected chi connectivity index (χ4v) is 3.76. The molecule has 6 heteroatoms. The lowest BCUT2D eigenvalue weighted by Crippen LogP contribution is -2.44. The molecular formula is C16H21N3O2S. The van der Waals surface area contributed by atoms with Gasteiger partial charge in [0.1, 0.15) is 0 Å². The van der Waals surface area contributed by atoms with E-state index in [0.717, 1.165) is 35.3 Å². The van der Waals surface area contributed by atoms with Crippen molar-refractivity contribution in [2.24, 2.45) is 7.05 Å². The Morgan fingerprint density at radius 1 is 1.41 bits per heavy atom. The Bertz CT molecular complexity index is 664. The molecule has 1 amide bonds. The van der Waals surface area contributed by atoms with E-state index in [9.17, 15) is 4.79 Å². The molecule has 2 heterocycles. The molecule has 0 saturated carbocycles. The molecule has 5 nitrogen and oxygen atoms in total. The first-order chi connectivity index (χ1) is 10.6. The molecule has 1 aliphatic rings. The first kappa shape index (κ1) is 15.2. The number of thioether (sulfide) groups is 1. The van der Waals surface area contributed by atoms with Crippen LogP contribution < -0.4 is 10.1 Å². The van der Waals surface area contributed by atoms with Crippen molar-refractivity contribution in [3.8, 4) is 5.88 Å². The minimum atomic E-state index is -0.548. The number of hydrogen-bond donors (Lipinski definition) is 1. The number of aryl methyl sites for hydroxylation is 1. The van der Waals surface area contributed by atoms with Crippen LogP contribution in [0.5, 0.6) is 5.88 Å². The van der Waals surface area contributed by atoms with E-state index in [4.69, 9.17) is 4.74 Å². The molecule has 0 bridgehead atoms. The average Bonchev–Trinajstić information content (AvgIpc) is 2.85. The zero-order chi connectivity index (χ0) is 15.5. The van der Waals surface area contributed by atoms with Gasteiger partial charge >= 0.3 is 0 Å². The van der Waals surface area contributed by atoms with Gasteiger partial charge in [0.15, 0.2) is 6.10 Å². The Morgan fingerprint density at radius 3 is 2.91 bits per heavy atom. The van der Waals surface area contributed by atoms with Gasteiger partial charge in [0.25, 0.3) is 5.91 Å². The molecule has 22 heavy (non-hydrogen) atoms. The molecule has 0 unspecified atom stereocenters. The molecule has 3 rings (SSSR count). The van der Waals surface area contributed by atoms with E-state index < -0.39 is 6.10 Å². The van der Waals surface area contributed by atoms with Crippen LogP contribution >= 0.6 is 11.8 Å². The first-order valence-corrected chi connectivity index (χ1v) is 8.77. The largest absolute Gasteiger partial charge is 0.463 e. The predicted octanol–water partition coefficient (Wildman–Crippen LogP) is 2.35. The van der Waals surface area contributed by atoms with E-state index in [0.29, 0.717) is 5.88 Å². The highest BCUT2D eigenvalue weighted by atomic mass is 32.2. The van der Waals surface area contributed by atoms with E-state index >= 15 is 0 Å². The fraction of sp³-hybridized carbons (Fsp3) is 0.500. The topological polar surface area (TPSA) is 56.2 Å². The van der Waals surface area contributed by atoms with Crippen molar-refractivity contribution in [1.29, 1.82) is 0 Å². The highest BCUT2D eigenvalue weighted by Crippen LogP contribution is 2.25. The van der Waals surface area contributed by atoms with Crippen LogP contribution in [0, 0.1) is 0 Å².